The van der Waals surface area contributed by atoms with Crippen molar-refractivity contribution in [2.24, 2.45) is 0 Å². The van der Waals surface area contributed by atoms with Gasteiger partial charge in [0, 0.05) is 11.5 Å². The van der Waals surface area contributed by atoms with Gasteiger partial charge in [-0.3, -0.25) is 0 Å². The van der Waals surface area contributed by atoms with Crippen LogP contribution in [0.15, 0.2) is 42.5 Å². The zero-order valence-corrected chi connectivity index (χ0v) is 15.4. The summed E-state index contributed by atoms with van der Waals surface area (Å²) in [6.45, 7) is 2.20. The average Bonchev–Trinajstić information content (AvgIpc) is 3.16. The van der Waals surface area contributed by atoms with Crippen LogP contribution in [-0.2, 0) is 4.74 Å². The lowest BCUT2D eigenvalue weighted by molar-refractivity contribution is 0.0527. The van der Waals surface area contributed by atoms with Gasteiger partial charge in [0.1, 0.15) is 5.75 Å². The highest BCUT2D eigenvalue weighted by atomic mass is 32.2. The third-order valence-electron chi connectivity index (χ3n) is 3.83. The summed E-state index contributed by atoms with van der Waals surface area (Å²) in [5.74, 6) is 2.85. The number of esters is 1. The van der Waals surface area contributed by atoms with E-state index in [9.17, 15) is 4.79 Å². The minimum absolute atomic E-state index is 0.266. The van der Waals surface area contributed by atoms with Crippen LogP contribution in [0.5, 0.6) is 5.75 Å². The summed E-state index contributed by atoms with van der Waals surface area (Å²) in [5, 5.41) is 0. The first-order chi connectivity index (χ1) is 11.7. The molecule has 126 valence electrons. The van der Waals surface area contributed by atoms with E-state index >= 15 is 0 Å². The zero-order valence-electron chi connectivity index (χ0n) is 13.8. The summed E-state index contributed by atoms with van der Waals surface area (Å²) in [7, 11) is 1.64. The van der Waals surface area contributed by atoms with E-state index in [1.165, 1.54) is 5.56 Å². The van der Waals surface area contributed by atoms with Gasteiger partial charge in [0.15, 0.2) is 0 Å². The Balaban J connectivity index is 2.01. The Hall–Kier alpha value is -1.59. The number of hydrogen-bond donors (Lipinski definition) is 0. The number of thioether (sulfide) groups is 2. The topological polar surface area (TPSA) is 35.5 Å². The van der Waals surface area contributed by atoms with Gasteiger partial charge in [-0.2, -0.15) is 0 Å². The standard InChI is InChI=1S/C19H20O3S2/c1-3-22-18(20)17-12-14(19-23-10-11-24-19)6-9-16(17)13-4-7-15(21-2)8-5-13/h4-9,12,19H,3,10-11H2,1-2H3. The molecule has 0 bridgehead atoms. The van der Waals surface area contributed by atoms with E-state index in [2.05, 4.69) is 6.07 Å². The molecule has 0 aromatic heterocycles. The second kappa shape index (κ2) is 7.99. The van der Waals surface area contributed by atoms with Crippen molar-refractivity contribution in [1.29, 1.82) is 0 Å². The number of benzene rings is 2. The van der Waals surface area contributed by atoms with E-state index in [0.29, 0.717) is 16.8 Å². The molecule has 0 unspecified atom stereocenters. The molecule has 0 aliphatic carbocycles. The van der Waals surface area contributed by atoms with E-state index in [-0.39, 0.29) is 5.97 Å². The first-order valence-electron chi connectivity index (χ1n) is 7.91. The highest BCUT2D eigenvalue weighted by molar-refractivity contribution is 8.19. The van der Waals surface area contributed by atoms with Crippen LogP contribution in [0.25, 0.3) is 11.1 Å². The lowest BCUT2D eigenvalue weighted by atomic mass is 9.97. The van der Waals surface area contributed by atoms with Gasteiger partial charge in [0.25, 0.3) is 0 Å². The third kappa shape index (κ3) is 3.73. The number of hydrogen-bond acceptors (Lipinski definition) is 5. The van der Waals surface area contributed by atoms with Crippen molar-refractivity contribution in [2.75, 3.05) is 25.2 Å². The summed E-state index contributed by atoms with van der Waals surface area (Å²) in [6, 6.07) is 13.9. The predicted molar refractivity (Wildman–Crippen MR) is 102 cm³/mol. The average molecular weight is 361 g/mol. The first kappa shape index (κ1) is 17.2. The van der Waals surface area contributed by atoms with E-state index in [0.717, 1.165) is 28.4 Å². The molecule has 24 heavy (non-hydrogen) atoms. The van der Waals surface area contributed by atoms with E-state index in [1.807, 2.05) is 66.8 Å². The van der Waals surface area contributed by atoms with Gasteiger partial charge in [0.2, 0.25) is 0 Å². The van der Waals surface area contributed by atoms with Crippen LogP contribution in [0.4, 0.5) is 0 Å². The Bertz CT molecular complexity index is 707. The van der Waals surface area contributed by atoms with E-state index in [1.54, 1.807) is 7.11 Å². The van der Waals surface area contributed by atoms with Crippen molar-refractivity contribution in [2.45, 2.75) is 11.5 Å². The molecule has 2 aromatic carbocycles. The maximum absolute atomic E-state index is 12.5. The second-order valence-electron chi connectivity index (χ2n) is 5.33. The van der Waals surface area contributed by atoms with Gasteiger partial charge < -0.3 is 9.47 Å². The lowest BCUT2D eigenvalue weighted by Gasteiger charge is -2.14. The summed E-state index contributed by atoms with van der Waals surface area (Å²) in [5.41, 5.74) is 3.69. The number of methoxy groups -OCH3 is 1. The van der Waals surface area contributed by atoms with Gasteiger partial charge in [-0.25, -0.2) is 4.79 Å². The highest BCUT2D eigenvalue weighted by Crippen LogP contribution is 2.46. The molecule has 0 atom stereocenters. The molecule has 5 heteroatoms. The highest BCUT2D eigenvalue weighted by Gasteiger charge is 2.22. The molecule has 0 N–H and O–H groups in total. The predicted octanol–water partition coefficient (Wildman–Crippen LogP) is 5.02. The molecule has 0 spiro atoms. The molecule has 1 aliphatic rings. The fourth-order valence-electron chi connectivity index (χ4n) is 2.66. The zero-order chi connectivity index (χ0) is 16.9. The fourth-order valence-corrected chi connectivity index (χ4v) is 5.50. The molecule has 0 amide bonds. The number of ether oxygens (including phenoxy) is 2. The number of carbonyl (C=O) groups is 1. The van der Waals surface area contributed by atoms with E-state index < -0.39 is 0 Å². The first-order valence-corrected chi connectivity index (χ1v) is 10.0. The molecule has 1 saturated heterocycles. The summed E-state index contributed by atoms with van der Waals surface area (Å²) in [6.07, 6.45) is 0. The molecule has 1 heterocycles. The molecular weight excluding hydrogens is 340 g/mol. The fraction of sp³-hybridized carbons (Fsp3) is 0.316. The summed E-state index contributed by atoms with van der Waals surface area (Å²) >= 11 is 3.86. The quantitative estimate of drug-likeness (QED) is 0.700. The molecule has 0 saturated carbocycles. The Morgan fingerprint density at radius 3 is 2.46 bits per heavy atom. The minimum Gasteiger partial charge on any atom is -0.497 e. The lowest BCUT2D eigenvalue weighted by Crippen LogP contribution is -2.07. The maximum atomic E-state index is 12.5. The Kier molecular flexibility index (Phi) is 5.74. The Morgan fingerprint density at radius 2 is 1.83 bits per heavy atom. The SMILES string of the molecule is CCOC(=O)c1cc(C2SCCS2)ccc1-c1ccc(OC)cc1. The van der Waals surface area contributed by atoms with Crippen LogP contribution in [0.3, 0.4) is 0 Å². The van der Waals surface area contributed by atoms with Crippen molar-refractivity contribution in [3.05, 3.63) is 53.6 Å². The van der Waals surface area contributed by atoms with Crippen molar-refractivity contribution in [3.8, 4) is 16.9 Å². The van der Waals surface area contributed by atoms with Gasteiger partial charge in [-0.05, 0) is 41.8 Å². The van der Waals surface area contributed by atoms with Crippen molar-refractivity contribution >= 4 is 29.5 Å². The smallest absolute Gasteiger partial charge is 0.338 e. The molecule has 3 rings (SSSR count). The minimum atomic E-state index is -0.266. The van der Waals surface area contributed by atoms with Crippen LogP contribution in [0, 0.1) is 0 Å². The van der Waals surface area contributed by atoms with Gasteiger partial charge in [-0.15, -0.1) is 23.5 Å². The van der Waals surface area contributed by atoms with Crippen LogP contribution in [0.2, 0.25) is 0 Å². The van der Waals surface area contributed by atoms with Crippen LogP contribution >= 0.6 is 23.5 Å². The van der Waals surface area contributed by atoms with Gasteiger partial charge in [0.05, 0.1) is 23.9 Å². The molecular formula is C19H20O3S2. The third-order valence-corrected chi connectivity index (χ3v) is 6.94. The Morgan fingerprint density at radius 1 is 1.12 bits per heavy atom. The molecule has 2 aromatic rings. The van der Waals surface area contributed by atoms with Gasteiger partial charge >= 0.3 is 5.97 Å². The normalized spacial score (nSPS) is 14.6. The molecule has 3 nitrogen and oxygen atoms in total. The number of rotatable bonds is 5. The van der Waals surface area contributed by atoms with Crippen molar-refractivity contribution in [1.82, 2.24) is 0 Å². The number of carbonyl (C=O) groups excluding carboxylic acids is 1. The van der Waals surface area contributed by atoms with E-state index in [4.69, 9.17) is 9.47 Å². The molecule has 0 radical (unpaired) electrons. The van der Waals surface area contributed by atoms with Crippen LogP contribution < -0.4 is 4.74 Å². The van der Waals surface area contributed by atoms with Crippen molar-refractivity contribution < 1.29 is 14.3 Å². The second-order valence-corrected chi connectivity index (χ2v) is 8.05. The summed E-state index contributed by atoms with van der Waals surface area (Å²) in [4.78, 5) is 12.5. The molecule has 1 aliphatic heterocycles. The van der Waals surface area contributed by atoms with Crippen molar-refractivity contribution in [3.63, 3.8) is 0 Å². The van der Waals surface area contributed by atoms with Crippen LogP contribution in [-0.4, -0.2) is 31.2 Å². The maximum Gasteiger partial charge on any atom is 0.338 e. The Labute approximate surface area is 151 Å². The van der Waals surface area contributed by atoms with Crippen LogP contribution in [0.1, 0.15) is 27.4 Å². The monoisotopic (exact) mass is 360 g/mol. The van der Waals surface area contributed by atoms with Gasteiger partial charge in [-0.1, -0.05) is 24.3 Å². The largest absolute Gasteiger partial charge is 0.497 e. The summed E-state index contributed by atoms with van der Waals surface area (Å²) < 4.78 is 10.9. The molecule has 1 fully saturated rings.